The van der Waals surface area contributed by atoms with Gasteiger partial charge in [-0.05, 0) is 18.6 Å². The van der Waals surface area contributed by atoms with Crippen molar-refractivity contribution >= 4 is 23.4 Å². The molecular formula is C13H15N3O4. The summed E-state index contributed by atoms with van der Waals surface area (Å²) >= 11 is 0. The molecule has 20 heavy (non-hydrogen) atoms. The third kappa shape index (κ3) is 3.25. The van der Waals surface area contributed by atoms with E-state index in [0.717, 1.165) is 0 Å². The van der Waals surface area contributed by atoms with Crippen LogP contribution >= 0.6 is 0 Å². The van der Waals surface area contributed by atoms with Gasteiger partial charge in [0, 0.05) is 18.2 Å². The smallest absolute Gasteiger partial charge is 0.251 e. The molecule has 1 saturated heterocycles. The summed E-state index contributed by atoms with van der Waals surface area (Å²) in [5.41, 5.74) is 5.05. The number of nitrogens with one attached hydrogen (secondary N) is 3. The van der Waals surface area contributed by atoms with E-state index in [1.165, 1.54) is 7.11 Å². The summed E-state index contributed by atoms with van der Waals surface area (Å²) < 4.78 is 5.05. The molecule has 106 valence electrons. The van der Waals surface area contributed by atoms with E-state index >= 15 is 0 Å². The van der Waals surface area contributed by atoms with Crippen LogP contribution in [0.25, 0.3) is 0 Å². The van der Waals surface area contributed by atoms with E-state index < -0.39 is 17.7 Å². The summed E-state index contributed by atoms with van der Waals surface area (Å²) in [4.78, 5) is 34.4. The lowest BCUT2D eigenvalue weighted by Crippen LogP contribution is -2.28. The Kier molecular flexibility index (Phi) is 4.19. The van der Waals surface area contributed by atoms with E-state index in [9.17, 15) is 14.4 Å². The minimum absolute atomic E-state index is 0.0860. The minimum Gasteiger partial charge on any atom is -0.497 e. The molecule has 1 aliphatic heterocycles. The van der Waals surface area contributed by atoms with Crippen molar-refractivity contribution in [3.8, 4) is 5.75 Å². The molecule has 1 fully saturated rings. The lowest BCUT2D eigenvalue weighted by Gasteiger charge is -2.07. The van der Waals surface area contributed by atoms with E-state index in [1.54, 1.807) is 24.3 Å². The topological polar surface area (TPSA) is 96.5 Å². The Hall–Kier alpha value is -2.57. The zero-order chi connectivity index (χ0) is 14.5. The molecule has 0 radical (unpaired) electrons. The van der Waals surface area contributed by atoms with Crippen molar-refractivity contribution < 1.29 is 19.1 Å². The molecule has 0 aromatic heterocycles. The van der Waals surface area contributed by atoms with Crippen molar-refractivity contribution in [2.24, 2.45) is 5.92 Å². The van der Waals surface area contributed by atoms with Gasteiger partial charge >= 0.3 is 0 Å². The molecule has 3 amide bonds. The monoisotopic (exact) mass is 277 g/mol. The molecule has 0 unspecified atom stereocenters. The Morgan fingerprint density at radius 1 is 1.30 bits per heavy atom. The molecule has 0 atom stereocenters. The molecule has 1 heterocycles. The number of hydrogen-bond donors (Lipinski definition) is 3. The first-order valence-corrected chi connectivity index (χ1v) is 6.14. The van der Waals surface area contributed by atoms with Crippen molar-refractivity contribution in [3.63, 3.8) is 0 Å². The normalized spacial score (nSPS) is 14.7. The molecular weight excluding hydrogens is 262 g/mol. The first-order valence-electron chi connectivity index (χ1n) is 6.14. The summed E-state index contributed by atoms with van der Waals surface area (Å²) in [5.74, 6) is -1.22. The first kappa shape index (κ1) is 13.9. The van der Waals surface area contributed by atoms with Gasteiger partial charge in [-0.15, -0.1) is 0 Å². The fourth-order valence-electron chi connectivity index (χ4n) is 1.88. The SMILES string of the molecule is COc1cccc(NC(=O)CCC2C(=O)NNC2=O)c1. The van der Waals surface area contributed by atoms with Gasteiger partial charge in [-0.3, -0.25) is 25.2 Å². The Labute approximate surface area is 115 Å². The molecule has 1 aromatic rings. The third-order valence-corrected chi connectivity index (χ3v) is 2.96. The van der Waals surface area contributed by atoms with E-state index in [-0.39, 0.29) is 18.7 Å². The largest absolute Gasteiger partial charge is 0.497 e. The van der Waals surface area contributed by atoms with Gasteiger partial charge in [0.1, 0.15) is 11.7 Å². The van der Waals surface area contributed by atoms with Gasteiger partial charge in [0.25, 0.3) is 11.8 Å². The predicted octanol–water partition coefficient (Wildman–Crippen LogP) is 0.191. The van der Waals surface area contributed by atoms with Crippen LogP contribution in [0.2, 0.25) is 0 Å². The number of hydrogen-bond acceptors (Lipinski definition) is 4. The van der Waals surface area contributed by atoms with E-state index in [1.807, 2.05) is 0 Å². The first-order chi connectivity index (χ1) is 9.60. The van der Waals surface area contributed by atoms with Crippen LogP contribution < -0.4 is 20.9 Å². The molecule has 1 aliphatic rings. The second kappa shape index (κ2) is 6.05. The van der Waals surface area contributed by atoms with Gasteiger partial charge in [-0.2, -0.15) is 0 Å². The number of methoxy groups -OCH3 is 1. The molecule has 0 saturated carbocycles. The number of carbonyl (C=O) groups is 3. The number of amides is 3. The average molecular weight is 277 g/mol. The highest BCUT2D eigenvalue weighted by Gasteiger charge is 2.32. The number of hydrazine groups is 1. The Bertz CT molecular complexity index is 528. The highest BCUT2D eigenvalue weighted by Crippen LogP contribution is 2.17. The maximum atomic E-state index is 11.8. The van der Waals surface area contributed by atoms with Crippen LogP contribution in [0.15, 0.2) is 24.3 Å². The molecule has 0 bridgehead atoms. The fourth-order valence-corrected chi connectivity index (χ4v) is 1.88. The number of rotatable bonds is 5. The van der Waals surface area contributed by atoms with Crippen LogP contribution in [-0.2, 0) is 14.4 Å². The zero-order valence-corrected chi connectivity index (χ0v) is 10.9. The van der Waals surface area contributed by atoms with Gasteiger partial charge in [0.2, 0.25) is 5.91 Å². The molecule has 1 aromatic carbocycles. The highest BCUT2D eigenvalue weighted by atomic mass is 16.5. The van der Waals surface area contributed by atoms with Crippen LogP contribution in [0.5, 0.6) is 5.75 Å². The van der Waals surface area contributed by atoms with Crippen LogP contribution in [0, 0.1) is 5.92 Å². The second-order valence-corrected chi connectivity index (χ2v) is 4.35. The van der Waals surface area contributed by atoms with Crippen LogP contribution in [0.3, 0.4) is 0 Å². The average Bonchev–Trinajstić information content (AvgIpc) is 2.76. The van der Waals surface area contributed by atoms with Gasteiger partial charge in [-0.1, -0.05) is 6.07 Å². The molecule has 0 spiro atoms. The molecule has 3 N–H and O–H groups in total. The lowest BCUT2D eigenvalue weighted by molar-refractivity contribution is -0.128. The van der Waals surface area contributed by atoms with E-state index in [0.29, 0.717) is 11.4 Å². The maximum Gasteiger partial charge on any atom is 0.251 e. The van der Waals surface area contributed by atoms with Crippen molar-refractivity contribution in [1.29, 1.82) is 0 Å². The van der Waals surface area contributed by atoms with Crippen molar-refractivity contribution in [3.05, 3.63) is 24.3 Å². The minimum atomic E-state index is -0.800. The summed E-state index contributed by atoms with van der Waals surface area (Å²) in [6, 6.07) is 6.94. The number of carbonyl (C=O) groups excluding carboxylic acids is 3. The lowest BCUT2D eigenvalue weighted by atomic mass is 10.0. The summed E-state index contributed by atoms with van der Waals surface area (Å²) in [6.45, 7) is 0. The zero-order valence-electron chi connectivity index (χ0n) is 10.9. The molecule has 7 nitrogen and oxygen atoms in total. The number of anilines is 1. The Balaban J connectivity index is 1.86. The fraction of sp³-hybridized carbons (Fsp3) is 0.308. The molecule has 2 rings (SSSR count). The second-order valence-electron chi connectivity index (χ2n) is 4.35. The van der Waals surface area contributed by atoms with Gasteiger partial charge in [-0.25, -0.2) is 0 Å². The number of ether oxygens (including phenoxy) is 1. The Morgan fingerprint density at radius 3 is 2.65 bits per heavy atom. The standard InChI is InChI=1S/C13H15N3O4/c1-20-9-4-2-3-8(7-9)14-11(17)6-5-10-12(18)15-16-13(10)19/h2-4,7,10H,5-6H2,1H3,(H,14,17)(H,15,18)(H,16,19). The van der Waals surface area contributed by atoms with Crippen molar-refractivity contribution in [1.82, 2.24) is 10.9 Å². The maximum absolute atomic E-state index is 11.8. The van der Waals surface area contributed by atoms with Crippen molar-refractivity contribution in [2.75, 3.05) is 12.4 Å². The summed E-state index contributed by atoms with van der Waals surface area (Å²) in [6.07, 6.45) is 0.260. The Morgan fingerprint density at radius 2 is 2.00 bits per heavy atom. The van der Waals surface area contributed by atoms with Crippen LogP contribution in [0.1, 0.15) is 12.8 Å². The summed E-state index contributed by atoms with van der Waals surface area (Å²) in [5, 5.41) is 2.69. The molecule has 7 heteroatoms. The number of benzene rings is 1. The van der Waals surface area contributed by atoms with Gasteiger partial charge in [0.15, 0.2) is 0 Å². The highest BCUT2D eigenvalue weighted by molar-refractivity contribution is 6.05. The molecule has 0 aliphatic carbocycles. The van der Waals surface area contributed by atoms with Crippen LogP contribution in [0.4, 0.5) is 5.69 Å². The van der Waals surface area contributed by atoms with Gasteiger partial charge < -0.3 is 10.1 Å². The van der Waals surface area contributed by atoms with Crippen molar-refractivity contribution in [2.45, 2.75) is 12.8 Å². The third-order valence-electron chi connectivity index (χ3n) is 2.96. The van der Waals surface area contributed by atoms with Crippen LogP contribution in [-0.4, -0.2) is 24.8 Å². The summed E-state index contributed by atoms with van der Waals surface area (Å²) in [7, 11) is 1.54. The quantitative estimate of drug-likeness (QED) is 0.669. The van der Waals surface area contributed by atoms with Gasteiger partial charge in [0.05, 0.1) is 7.11 Å². The predicted molar refractivity (Wildman–Crippen MR) is 70.6 cm³/mol. The van der Waals surface area contributed by atoms with E-state index in [4.69, 9.17) is 4.74 Å². The van der Waals surface area contributed by atoms with E-state index in [2.05, 4.69) is 16.2 Å².